The highest BCUT2D eigenvalue weighted by molar-refractivity contribution is 5.88. The molecule has 24 heavy (non-hydrogen) atoms. The van der Waals surface area contributed by atoms with Crippen LogP contribution in [0.2, 0.25) is 0 Å². The van der Waals surface area contributed by atoms with Crippen molar-refractivity contribution in [2.45, 2.75) is 71.0 Å². The predicted molar refractivity (Wildman–Crippen MR) is 93.4 cm³/mol. The van der Waals surface area contributed by atoms with Crippen molar-refractivity contribution < 1.29 is 14.4 Å². The summed E-state index contributed by atoms with van der Waals surface area (Å²) in [6.45, 7) is 7.47. The zero-order valence-electron chi connectivity index (χ0n) is 15.1. The Morgan fingerprint density at radius 1 is 1.25 bits per heavy atom. The fourth-order valence-corrected chi connectivity index (χ4v) is 3.11. The van der Waals surface area contributed by atoms with Crippen molar-refractivity contribution in [2.75, 3.05) is 19.6 Å². The van der Waals surface area contributed by atoms with Crippen LogP contribution in [0.25, 0.3) is 0 Å². The lowest BCUT2D eigenvalue weighted by atomic mass is 10.0. The Hall–Kier alpha value is -1.47. The van der Waals surface area contributed by atoms with E-state index in [0.717, 1.165) is 38.8 Å². The number of carbonyl (C=O) groups excluding carboxylic acids is 3. The van der Waals surface area contributed by atoms with E-state index in [1.54, 1.807) is 0 Å². The Morgan fingerprint density at radius 2 is 1.92 bits per heavy atom. The van der Waals surface area contributed by atoms with Crippen molar-refractivity contribution in [3.05, 3.63) is 0 Å². The van der Waals surface area contributed by atoms with Gasteiger partial charge in [0.15, 0.2) is 5.78 Å². The lowest BCUT2D eigenvalue weighted by molar-refractivity contribution is -0.127. The Bertz CT molecular complexity index is 438. The molecule has 138 valence electrons. The molecule has 1 saturated heterocycles. The molecule has 7 heteroatoms. The molecule has 0 bridgehead atoms. The highest BCUT2D eigenvalue weighted by atomic mass is 16.2. The number of likely N-dealkylation sites (N-methyl/N-ethyl adjacent to an activating group) is 1. The van der Waals surface area contributed by atoms with Crippen LogP contribution in [0.4, 0.5) is 0 Å². The molecule has 0 spiro atoms. The SMILES string of the molecule is CCN(CC)CC(=O)N[C@@H](CCC[C@H]1CC[C@@H](C(N)=O)N1)C(C)=O. The summed E-state index contributed by atoms with van der Waals surface area (Å²) in [5.41, 5.74) is 5.30. The quantitative estimate of drug-likeness (QED) is 0.498. The molecule has 1 aliphatic rings. The number of nitrogens with zero attached hydrogens (tertiary/aromatic N) is 1. The third kappa shape index (κ3) is 6.97. The van der Waals surface area contributed by atoms with Gasteiger partial charge < -0.3 is 16.4 Å². The maximum Gasteiger partial charge on any atom is 0.234 e. The Kier molecular flexibility index (Phi) is 8.92. The Balaban J connectivity index is 2.35. The maximum atomic E-state index is 12.1. The molecule has 1 aliphatic heterocycles. The molecule has 0 saturated carbocycles. The van der Waals surface area contributed by atoms with Crippen molar-refractivity contribution in [1.29, 1.82) is 0 Å². The van der Waals surface area contributed by atoms with Crippen molar-refractivity contribution >= 4 is 17.6 Å². The van der Waals surface area contributed by atoms with Gasteiger partial charge in [-0.25, -0.2) is 0 Å². The molecular formula is C17H32N4O3. The number of hydrogen-bond donors (Lipinski definition) is 3. The Morgan fingerprint density at radius 3 is 2.42 bits per heavy atom. The van der Waals surface area contributed by atoms with E-state index < -0.39 is 6.04 Å². The van der Waals surface area contributed by atoms with E-state index in [2.05, 4.69) is 10.6 Å². The average Bonchev–Trinajstić information content (AvgIpc) is 3.00. The van der Waals surface area contributed by atoms with Crippen molar-refractivity contribution in [1.82, 2.24) is 15.5 Å². The van der Waals surface area contributed by atoms with Gasteiger partial charge in [0.1, 0.15) is 0 Å². The molecular weight excluding hydrogens is 308 g/mol. The van der Waals surface area contributed by atoms with Crippen LogP contribution in [0.15, 0.2) is 0 Å². The van der Waals surface area contributed by atoms with Gasteiger partial charge in [-0.15, -0.1) is 0 Å². The fraction of sp³-hybridized carbons (Fsp3) is 0.824. The second-order valence-corrected chi connectivity index (χ2v) is 6.52. The number of hydrogen-bond acceptors (Lipinski definition) is 5. The monoisotopic (exact) mass is 340 g/mol. The van der Waals surface area contributed by atoms with E-state index in [1.165, 1.54) is 6.92 Å². The van der Waals surface area contributed by atoms with Gasteiger partial charge in [-0.2, -0.15) is 0 Å². The van der Waals surface area contributed by atoms with Crippen LogP contribution in [-0.2, 0) is 14.4 Å². The number of carbonyl (C=O) groups is 3. The molecule has 3 atom stereocenters. The highest BCUT2D eigenvalue weighted by Gasteiger charge is 2.27. The molecule has 1 rings (SSSR count). The van der Waals surface area contributed by atoms with Crippen molar-refractivity contribution in [3.8, 4) is 0 Å². The molecule has 2 amide bonds. The van der Waals surface area contributed by atoms with E-state index in [1.807, 2.05) is 18.7 Å². The number of amides is 2. The molecule has 0 radical (unpaired) electrons. The second kappa shape index (κ2) is 10.4. The number of nitrogens with one attached hydrogen (secondary N) is 2. The normalized spacial score (nSPS) is 21.7. The van der Waals surface area contributed by atoms with Gasteiger partial charge in [0.05, 0.1) is 18.6 Å². The van der Waals surface area contributed by atoms with Crippen LogP contribution < -0.4 is 16.4 Å². The molecule has 0 aliphatic carbocycles. The van der Waals surface area contributed by atoms with E-state index >= 15 is 0 Å². The number of rotatable bonds is 11. The third-order valence-electron chi connectivity index (χ3n) is 4.72. The third-order valence-corrected chi connectivity index (χ3v) is 4.72. The zero-order chi connectivity index (χ0) is 18.1. The van der Waals surface area contributed by atoms with E-state index in [4.69, 9.17) is 5.73 Å². The second-order valence-electron chi connectivity index (χ2n) is 6.52. The molecule has 0 unspecified atom stereocenters. The van der Waals surface area contributed by atoms with E-state index in [9.17, 15) is 14.4 Å². The number of Topliss-reactive ketones (excluding diaryl/α,β-unsaturated/α-hetero) is 1. The van der Waals surface area contributed by atoms with Crippen LogP contribution in [0.3, 0.4) is 0 Å². The summed E-state index contributed by atoms with van der Waals surface area (Å²) in [5.74, 6) is -0.424. The summed E-state index contributed by atoms with van der Waals surface area (Å²) in [4.78, 5) is 37.0. The summed E-state index contributed by atoms with van der Waals surface area (Å²) in [6.07, 6.45) is 4.01. The summed E-state index contributed by atoms with van der Waals surface area (Å²) in [5, 5.41) is 6.07. The molecule has 1 heterocycles. The molecule has 0 aromatic rings. The van der Waals surface area contributed by atoms with Gasteiger partial charge in [-0.1, -0.05) is 13.8 Å². The van der Waals surface area contributed by atoms with Gasteiger partial charge in [-0.3, -0.25) is 19.3 Å². The van der Waals surface area contributed by atoms with Crippen LogP contribution in [-0.4, -0.2) is 60.3 Å². The number of primary amides is 1. The first kappa shape index (κ1) is 20.6. The highest BCUT2D eigenvalue weighted by Crippen LogP contribution is 2.17. The topological polar surface area (TPSA) is 105 Å². The summed E-state index contributed by atoms with van der Waals surface area (Å²) < 4.78 is 0. The fourth-order valence-electron chi connectivity index (χ4n) is 3.11. The van der Waals surface area contributed by atoms with Gasteiger partial charge in [0.25, 0.3) is 0 Å². The van der Waals surface area contributed by atoms with Crippen LogP contribution >= 0.6 is 0 Å². The molecule has 0 aromatic heterocycles. The maximum absolute atomic E-state index is 12.1. The summed E-state index contributed by atoms with van der Waals surface area (Å²) >= 11 is 0. The number of nitrogens with two attached hydrogens (primary N) is 1. The lowest BCUT2D eigenvalue weighted by Crippen LogP contribution is -2.45. The van der Waals surface area contributed by atoms with Crippen LogP contribution in [0, 0.1) is 0 Å². The van der Waals surface area contributed by atoms with Crippen LogP contribution in [0.1, 0.15) is 52.9 Å². The van der Waals surface area contributed by atoms with Crippen molar-refractivity contribution in [3.63, 3.8) is 0 Å². The van der Waals surface area contributed by atoms with E-state index in [-0.39, 0.29) is 29.7 Å². The predicted octanol–water partition coefficient (Wildman–Crippen LogP) is 0.178. The standard InChI is InChI=1S/C17H32N4O3/c1-4-21(5-2)11-16(23)20-14(12(3)22)8-6-7-13-9-10-15(19-13)17(18)24/h13-15,19H,4-11H2,1-3H3,(H2,18,24)(H,20,23)/t13-,14-,15-/m0/s1. The lowest BCUT2D eigenvalue weighted by Gasteiger charge is -2.21. The zero-order valence-corrected chi connectivity index (χ0v) is 15.1. The Labute approximate surface area is 144 Å². The largest absolute Gasteiger partial charge is 0.368 e. The van der Waals surface area contributed by atoms with Crippen LogP contribution in [0.5, 0.6) is 0 Å². The molecule has 1 fully saturated rings. The molecule has 7 nitrogen and oxygen atoms in total. The minimum atomic E-state index is -0.429. The summed E-state index contributed by atoms with van der Waals surface area (Å²) in [6, 6.07) is -0.393. The van der Waals surface area contributed by atoms with Gasteiger partial charge in [-0.05, 0) is 52.1 Å². The number of ketones is 1. The van der Waals surface area contributed by atoms with Gasteiger partial charge >= 0.3 is 0 Å². The van der Waals surface area contributed by atoms with Gasteiger partial charge in [0, 0.05) is 6.04 Å². The average molecular weight is 340 g/mol. The van der Waals surface area contributed by atoms with E-state index in [0.29, 0.717) is 13.0 Å². The van der Waals surface area contributed by atoms with Crippen molar-refractivity contribution in [2.24, 2.45) is 5.73 Å². The minimum Gasteiger partial charge on any atom is -0.368 e. The first-order valence-corrected chi connectivity index (χ1v) is 8.94. The molecule has 0 aromatic carbocycles. The summed E-state index contributed by atoms with van der Waals surface area (Å²) in [7, 11) is 0. The minimum absolute atomic E-state index is 0.0164. The first-order chi connectivity index (χ1) is 11.4. The molecule has 4 N–H and O–H groups in total. The van der Waals surface area contributed by atoms with Gasteiger partial charge in [0.2, 0.25) is 11.8 Å². The first-order valence-electron chi connectivity index (χ1n) is 8.94. The smallest absolute Gasteiger partial charge is 0.234 e.